The zero-order chi connectivity index (χ0) is 14.1. The van der Waals surface area contributed by atoms with Gasteiger partial charge in [0.1, 0.15) is 5.65 Å². The molecule has 0 saturated carbocycles. The SMILES string of the molecule is Cc1ccc(CN(C)C)cc1-c1cc2cccnc2[nH]1. The molecule has 0 aliphatic heterocycles. The van der Waals surface area contributed by atoms with Crippen LogP contribution >= 0.6 is 0 Å². The van der Waals surface area contributed by atoms with Gasteiger partial charge in [0.05, 0.1) is 0 Å². The average Bonchev–Trinajstić information content (AvgIpc) is 2.84. The van der Waals surface area contributed by atoms with Crippen LogP contribution in [0, 0.1) is 6.92 Å². The molecule has 0 bridgehead atoms. The number of aromatic amines is 1. The first kappa shape index (κ1) is 12.9. The van der Waals surface area contributed by atoms with Crippen LogP contribution in [0.4, 0.5) is 0 Å². The second kappa shape index (κ2) is 5.10. The van der Waals surface area contributed by atoms with Gasteiger partial charge in [0.25, 0.3) is 0 Å². The Kier molecular flexibility index (Phi) is 3.28. The van der Waals surface area contributed by atoms with Gasteiger partial charge in [0.15, 0.2) is 0 Å². The van der Waals surface area contributed by atoms with E-state index in [1.807, 2.05) is 12.3 Å². The smallest absolute Gasteiger partial charge is 0.137 e. The van der Waals surface area contributed by atoms with Gasteiger partial charge in [-0.1, -0.05) is 12.1 Å². The summed E-state index contributed by atoms with van der Waals surface area (Å²) >= 11 is 0. The van der Waals surface area contributed by atoms with E-state index in [0.29, 0.717) is 0 Å². The molecule has 0 unspecified atom stereocenters. The molecule has 0 aliphatic rings. The molecule has 3 nitrogen and oxygen atoms in total. The molecule has 3 rings (SSSR count). The number of nitrogens with zero attached hydrogens (tertiary/aromatic N) is 2. The minimum absolute atomic E-state index is 0.944. The molecule has 0 aliphatic carbocycles. The molecule has 2 aromatic heterocycles. The minimum Gasteiger partial charge on any atom is -0.339 e. The first-order valence-corrected chi connectivity index (χ1v) is 6.82. The highest BCUT2D eigenvalue weighted by Gasteiger charge is 2.08. The number of fused-ring (bicyclic) bond motifs is 1. The Morgan fingerprint density at radius 2 is 2.00 bits per heavy atom. The Labute approximate surface area is 119 Å². The normalized spacial score (nSPS) is 11.4. The van der Waals surface area contributed by atoms with E-state index in [4.69, 9.17) is 0 Å². The fourth-order valence-electron chi connectivity index (χ4n) is 2.53. The second-order valence-electron chi connectivity index (χ2n) is 5.51. The van der Waals surface area contributed by atoms with E-state index in [9.17, 15) is 0 Å². The van der Waals surface area contributed by atoms with Crippen molar-refractivity contribution in [3.05, 3.63) is 53.7 Å². The summed E-state index contributed by atoms with van der Waals surface area (Å²) in [4.78, 5) is 9.95. The van der Waals surface area contributed by atoms with Crippen molar-refractivity contribution in [1.29, 1.82) is 0 Å². The summed E-state index contributed by atoms with van der Waals surface area (Å²) in [6.45, 7) is 3.10. The van der Waals surface area contributed by atoms with E-state index in [-0.39, 0.29) is 0 Å². The molecule has 3 heteroatoms. The maximum atomic E-state index is 4.36. The first-order valence-electron chi connectivity index (χ1n) is 6.82. The molecule has 1 aromatic carbocycles. The van der Waals surface area contributed by atoms with Crippen molar-refractivity contribution in [3.8, 4) is 11.3 Å². The molecule has 0 atom stereocenters. The van der Waals surface area contributed by atoms with Gasteiger partial charge >= 0.3 is 0 Å². The third kappa shape index (κ3) is 2.45. The fraction of sp³-hybridized carbons (Fsp3) is 0.235. The van der Waals surface area contributed by atoms with Gasteiger partial charge in [-0.3, -0.25) is 0 Å². The van der Waals surface area contributed by atoms with Gasteiger partial charge in [-0.15, -0.1) is 0 Å². The minimum atomic E-state index is 0.944. The van der Waals surface area contributed by atoms with Crippen LogP contribution in [0.15, 0.2) is 42.6 Å². The number of aromatic nitrogens is 2. The van der Waals surface area contributed by atoms with Crippen LogP contribution in [-0.4, -0.2) is 29.0 Å². The van der Waals surface area contributed by atoms with Crippen molar-refractivity contribution in [3.63, 3.8) is 0 Å². The van der Waals surface area contributed by atoms with Gasteiger partial charge in [0.2, 0.25) is 0 Å². The Morgan fingerprint density at radius 3 is 2.75 bits per heavy atom. The number of benzene rings is 1. The number of hydrogen-bond donors (Lipinski definition) is 1. The molecule has 3 aromatic rings. The van der Waals surface area contributed by atoms with E-state index in [2.05, 4.69) is 66.2 Å². The molecule has 102 valence electrons. The van der Waals surface area contributed by atoms with Gasteiger partial charge in [0, 0.05) is 29.4 Å². The maximum Gasteiger partial charge on any atom is 0.137 e. The Balaban J connectivity index is 2.07. The van der Waals surface area contributed by atoms with Crippen LogP contribution in [0.25, 0.3) is 22.3 Å². The van der Waals surface area contributed by atoms with Crippen LogP contribution in [-0.2, 0) is 6.54 Å². The largest absolute Gasteiger partial charge is 0.339 e. The number of hydrogen-bond acceptors (Lipinski definition) is 2. The van der Waals surface area contributed by atoms with Gasteiger partial charge in [-0.05, 0) is 56.4 Å². The molecule has 0 amide bonds. The van der Waals surface area contributed by atoms with Crippen molar-refractivity contribution >= 4 is 11.0 Å². The standard InChI is InChI=1S/C17H19N3/c1-12-6-7-13(11-20(2)3)9-15(12)16-10-14-5-4-8-18-17(14)19-16/h4-10H,11H2,1-3H3,(H,18,19). The maximum absolute atomic E-state index is 4.36. The number of rotatable bonds is 3. The summed E-state index contributed by atoms with van der Waals surface area (Å²) in [5, 5.41) is 1.15. The Hall–Kier alpha value is -2.13. The van der Waals surface area contributed by atoms with Crippen molar-refractivity contribution in [2.24, 2.45) is 0 Å². The predicted molar refractivity (Wildman–Crippen MR) is 83.7 cm³/mol. The summed E-state index contributed by atoms with van der Waals surface area (Å²) in [6.07, 6.45) is 1.82. The number of H-pyrrole nitrogens is 1. The fourth-order valence-corrected chi connectivity index (χ4v) is 2.53. The second-order valence-corrected chi connectivity index (χ2v) is 5.51. The van der Waals surface area contributed by atoms with Gasteiger partial charge in [-0.2, -0.15) is 0 Å². The van der Waals surface area contributed by atoms with Crippen LogP contribution in [0.1, 0.15) is 11.1 Å². The highest BCUT2D eigenvalue weighted by molar-refractivity contribution is 5.83. The highest BCUT2D eigenvalue weighted by Crippen LogP contribution is 2.27. The zero-order valence-corrected chi connectivity index (χ0v) is 12.1. The molecular formula is C17H19N3. The van der Waals surface area contributed by atoms with Crippen LogP contribution < -0.4 is 0 Å². The van der Waals surface area contributed by atoms with E-state index >= 15 is 0 Å². The summed E-state index contributed by atoms with van der Waals surface area (Å²) in [5.74, 6) is 0. The third-order valence-electron chi connectivity index (χ3n) is 3.48. The topological polar surface area (TPSA) is 31.9 Å². The highest BCUT2D eigenvalue weighted by atomic mass is 15.0. The predicted octanol–water partition coefficient (Wildman–Crippen LogP) is 3.60. The van der Waals surface area contributed by atoms with Gasteiger partial charge in [-0.25, -0.2) is 4.98 Å². The van der Waals surface area contributed by atoms with Crippen LogP contribution in [0.3, 0.4) is 0 Å². The molecule has 0 fully saturated rings. The summed E-state index contributed by atoms with van der Waals surface area (Å²) in [6, 6.07) is 12.9. The van der Waals surface area contributed by atoms with Crippen molar-refractivity contribution in [1.82, 2.24) is 14.9 Å². The third-order valence-corrected chi connectivity index (χ3v) is 3.48. The van der Waals surface area contributed by atoms with E-state index in [1.165, 1.54) is 16.7 Å². The summed E-state index contributed by atoms with van der Waals surface area (Å²) in [7, 11) is 4.18. The van der Waals surface area contributed by atoms with Crippen molar-refractivity contribution < 1.29 is 0 Å². The van der Waals surface area contributed by atoms with Crippen LogP contribution in [0.5, 0.6) is 0 Å². The van der Waals surface area contributed by atoms with Crippen LogP contribution in [0.2, 0.25) is 0 Å². The summed E-state index contributed by atoms with van der Waals surface area (Å²) < 4.78 is 0. The molecule has 20 heavy (non-hydrogen) atoms. The lowest BCUT2D eigenvalue weighted by molar-refractivity contribution is 0.402. The zero-order valence-electron chi connectivity index (χ0n) is 12.1. The molecular weight excluding hydrogens is 246 g/mol. The first-order chi connectivity index (χ1) is 9.63. The lowest BCUT2D eigenvalue weighted by Gasteiger charge is -2.12. The Morgan fingerprint density at radius 1 is 1.15 bits per heavy atom. The molecule has 0 spiro atoms. The van der Waals surface area contributed by atoms with E-state index < -0.39 is 0 Å². The molecule has 0 saturated heterocycles. The molecule has 2 heterocycles. The molecule has 1 N–H and O–H groups in total. The Bertz CT molecular complexity index is 708. The molecule has 0 radical (unpaired) electrons. The number of aryl methyl sites for hydroxylation is 1. The monoisotopic (exact) mass is 265 g/mol. The van der Waals surface area contributed by atoms with Gasteiger partial charge < -0.3 is 9.88 Å². The quantitative estimate of drug-likeness (QED) is 0.784. The lowest BCUT2D eigenvalue weighted by Crippen LogP contribution is -2.10. The lowest BCUT2D eigenvalue weighted by atomic mass is 10.0. The van der Waals surface area contributed by atoms with E-state index in [0.717, 1.165) is 23.3 Å². The summed E-state index contributed by atoms with van der Waals surface area (Å²) in [5.41, 5.74) is 5.93. The van der Waals surface area contributed by atoms with Crippen molar-refractivity contribution in [2.45, 2.75) is 13.5 Å². The van der Waals surface area contributed by atoms with E-state index in [1.54, 1.807) is 0 Å². The number of pyridine rings is 1. The average molecular weight is 265 g/mol. The van der Waals surface area contributed by atoms with Crippen molar-refractivity contribution in [2.75, 3.05) is 14.1 Å². The number of nitrogens with one attached hydrogen (secondary N) is 1.